The number of benzene rings is 1. The zero-order valence-electron chi connectivity index (χ0n) is 13.3. The van der Waals surface area contributed by atoms with Crippen LogP contribution in [0.15, 0.2) is 36.5 Å². The number of likely N-dealkylation sites (N-methyl/N-ethyl adjacent to an activating group) is 1. The summed E-state index contributed by atoms with van der Waals surface area (Å²) in [6.45, 7) is 2.48. The van der Waals surface area contributed by atoms with Crippen molar-refractivity contribution in [3.8, 4) is 5.75 Å². The molecule has 0 saturated heterocycles. The number of ether oxygens (including phenoxy) is 1. The van der Waals surface area contributed by atoms with E-state index in [0.717, 1.165) is 30.2 Å². The zero-order valence-corrected chi connectivity index (χ0v) is 13.3. The van der Waals surface area contributed by atoms with Crippen LogP contribution in [0.4, 0.5) is 11.8 Å². The SMILES string of the molecule is COc1ccc(CNc2nccc(NCCN(C)C)n2)cc1. The molecule has 0 saturated carbocycles. The van der Waals surface area contributed by atoms with Crippen molar-refractivity contribution < 1.29 is 4.74 Å². The normalized spacial score (nSPS) is 10.5. The smallest absolute Gasteiger partial charge is 0.224 e. The van der Waals surface area contributed by atoms with Crippen LogP contribution in [0.5, 0.6) is 5.75 Å². The van der Waals surface area contributed by atoms with Gasteiger partial charge in [0, 0.05) is 25.8 Å². The minimum Gasteiger partial charge on any atom is -0.497 e. The summed E-state index contributed by atoms with van der Waals surface area (Å²) < 4.78 is 5.15. The second-order valence-electron chi connectivity index (χ2n) is 5.20. The largest absolute Gasteiger partial charge is 0.497 e. The van der Waals surface area contributed by atoms with Crippen molar-refractivity contribution in [3.05, 3.63) is 42.1 Å². The van der Waals surface area contributed by atoms with Crippen molar-refractivity contribution in [2.24, 2.45) is 0 Å². The van der Waals surface area contributed by atoms with Crippen molar-refractivity contribution in [1.29, 1.82) is 0 Å². The highest BCUT2D eigenvalue weighted by atomic mass is 16.5. The van der Waals surface area contributed by atoms with Crippen LogP contribution >= 0.6 is 0 Å². The highest BCUT2D eigenvalue weighted by Crippen LogP contribution is 2.12. The van der Waals surface area contributed by atoms with Crippen LogP contribution in [-0.4, -0.2) is 49.2 Å². The lowest BCUT2D eigenvalue weighted by Crippen LogP contribution is -2.21. The Labute approximate surface area is 131 Å². The lowest BCUT2D eigenvalue weighted by atomic mass is 10.2. The first kappa shape index (κ1) is 16.0. The van der Waals surface area contributed by atoms with Gasteiger partial charge in [-0.2, -0.15) is 4.98 Å². The number of nitrogens with zero attached hydrogens (tertiary/aromatic N) is 3. The first-order valence-electron chi connectivity index (χ1n) is 7.26. The maximum absolute atomic E-state index is 5.15. The van der Waals surface area contributed by atoms with Gasteiger partial charge < -0.3 is 20.3 Å². The third kappa shape index (κ3) is 5.21. The lowest BCUT2D eigenvalue weighted by molar-refractivity contribution is 0.414. The predicted octanol–water partition coefficient (Wildman–Crippen LogP) is 2.07. The summed E-state index contributed by atoms with van der Waals surface area (Å²) in [5.41, 5.74) is 1.15. The Bertz CT molecular complexity index is 571. The van der Waals surface area contributed by atoms with Crippen molar-refractivity contribution in [1.82, 2.24) is 14.9 Å². The molecule has 1 aromatic heterocycles. The topological polar surface area (TPSA) is 62.3 Å². The van der Waals surface area contributed by atoms with E-state index in [1.54, 1.807) is 13.3 Å². The third-order valence-corrected chi connectivity index (χ3v) is 3.13. The molecule has 2 N–H and O–H groups in total. The first-order chi connectivity index (χ1) is 10.7. The molecule has 6 heteroatoms. The molecule has 0 bridgehead atoms. The fraction of sp³-hybridized carbons (Fsp3) is 0.375. The Balaban J connectivity index is 1.86. The van der Waals surface area contributed by atoms with Crippen LogP contribution in [0.2, 0.25) is 0 Å². The number of rotatable bonds is 8. The van der Waals surface area contributed by atoms with Gasteiger partial charge in [-0.05, 0) is 37.9 Å². The Hall–Kier alpha value is -2.34. The lowest BCUT2D eigenvalue weighted by Gasteiger charge is -2.11. The summed E-state index contributed by atoms with van der Waals surface area (Å²) in [6.07, 6.45) is 1.75. The molecule has 0 spiro atoms. The van der Waals surface area contributed by atoms with E-state index >= 15 is 0 Å². The molecule has 0 fully saturated rings. The van der Waals surface area contributed by atoms with E-state index in [2.05, 4.69) is 25.5 Å². The van der Waals surface area contributed by atoms with Gasteiger partial charge in [0.2, 0.25) is 5.95 Å². The molecular formula is C16H23N5O. The van der Waals surface area contributed by atoms with Gasteiger partial charge in [0.15, 0.2) is 0 Å². The molecule has 0 aliphatic carbocycles. The number of anilines is 2. The number of aromatic nitrogens is 2. The van der Waals surface area contributed by atoms with E-state index < -0.39 is 0 Å². The minimum atomic E-state index is 0.616. The van der Waals surface area contributed by atoms with Crippen LogP contribution in [0, 0.1) is 0 Å². The van der Waals surface area contributed by atoms with Gasteiger partial charge in [-0.1, -0.05) is 12.1 Å². The van der Waals surface area contributed by atoms with Crippen molar-refractivity contribution in [3.63, 3.8) is 0 Å². The van der Waals surface area contributed by atoms with Gasteiger partial charge in [-0.15, -0.1) is 0 Å². The molecule has 0 aliphatic rings. The van der Waals surface area contributed by atoms with Gasteiger partial charge in [-0.3, -0.25) is 0 Å². The molecule has 2 aromatic rings. The molecule has 0 aliphatic heterocycles. The maximum Gasteiger partial charge on any atom is 0.224 e. The fourth-order valence-corrected chi connectivity index (χ4v) is 1.87. The molecule has 0 radical (unpaired) electrons. The Morgan fingerprint density at radius 3 is 2.55 bits per heavy atom. The van der Waals surface area contributed by atoms with Crippen molar-refractivity contribution in [2.75, 3.05) is 44.9 Å². The Morgan fingerprint density at radius 1 is 1.09 bits per heavy atom. The molecule has 1 heterocycles. The van der Waals surface area contributed by atoms with Gasteiger partial charge in [0.25, 0.3) is 0 Å². The van der Waals surface area contributed by atoms with Crippen LogP contribution < -0.4 is 15.4 Å². The van der Waals surface area contributed by atoms with Crippen molar-refractivity contribution >= 4 is 11.8 Å². The molecular weight excluding hydrogens is 278 g/mol. The first-order valence-corrected chi connectivity index (χ1v) is 7.26. The number of nitrogens with one attached hydrogen (secondary N) is 2. The second-order valence-corrected chi connectivity index (χ2v) is 5.20. The molecule has 2 rings (SSSR count). The quantitative estimate of drug-likeness (QED) is 0.778. The van der Waals surface area contributed by atoms with Gasteiger partial charge >= 0.3 is 0 Å². The molecule has 6 nitrogen and oxygen atoms in total. The highest BCUT2D eigenvalue weighted by molar-refractivity contribution is 5.40. The van der Waals surface area contributed by atoms with E-state index in [0.29, 0.717) is 12.5 Å². The molecule has 118 valence electrons. The van der Waals surface area contributed by atoms with Gasteiger partial charge in [0.05, 0.1) is 7.11 Å². The summed E-state index contributed by atoms with van der Waals surface area (Å²) in [5, 5.41) is 6.50. The Kier molecular flexibility index (Phi) is 5.97. The van der Waals surface area contributed by atoms with Crippen molar-refractivity contribution in [2.45, 2.75) is 6.54 Å². The summed E-state index contributed by atoms with van der Waals surface area (Å²) >= 11 is 0. The van der Waals surface area contributed by atoms with Crippen LogP contribution in [-0.2, 0) is 6.54 Å². The molecule has 1 aromatic carbocycles. The zero-order chi connectivity index (χ0) is 15.8. The molecule has 0 atom stereocenters. The monoisotopic (exact) mass is 301 g/mol. The summed E-state index contributed by atoms with van der Waals surface area (Å²) in [5.74, 6) is 2.30. The fourth-order valence-electron chi connectivity index (χ4n) is 1.87. The van der Waals surface area contributed by atoms with Gasteiger partial charge in [0.1, 0.15) is 11.6 Å². The minimum absolute atomic E-state index is 0.616. The van der Waals surface area contributed by atoms with Crippen LogP contribution in [0.25, 0.3) is 0 Å². The van der Waals surface area contributed by atoms with E-state index in [1.807, 2.05) is 44.4 Å². The summed E-state index contributed by atoms with van der Waals surface area (Å²) in [4.78, 5) is 10.8. The van der Waals surface area contributed by atoms with E-state index in [-0.39, 0.29) is 0 Å². The van der Waals surface area contributed by atoms with Crippen LogP contribution in [0.3, 0.4) is 0 Å². The highest BCUT2D eigenvalue weighted by Gasteiger charge is 2.00. The molecule has 0 unspecified atom stereocenters. The average Bonchev–Trinajstić information content (AvgIpc) is 2.53. The van der Waals surface area contributed by atoms with E-state index in [4.69, 9.17) is 4.74 Å². The standard InChI is InChI=1S/C16H23N5O/c1-21(2)11-10-17-15-8-9-18-16(20-15)19-12-13-4-6-14(22-3)7-5-13/h4-9H,10-12H2,1-3H3,(H2,17,18,19,20). The third-order valence-electron chi connectivity index (χ3n) is 3.13. The number of hydrogen-bond acceptors (Lipinski definition) is 6. The van der Waals surface area contributed by atoms with E-state index in [9.17, 15) is 0 Å². The molecule has 22 heavy (non-hydrogen) atoms. The maximum atomic E-state index is 5.15. The van der Waals surface area contributed by atoms with Gasteiger partial charge in [-0.25, -0.2) is 4.98 Å². The number of methoxy groups -OCH3 is 1. The van der Waals surface area contributed by atoms with E-state index in [1.165, 1.54) is 0 Å². The second kappa shape index (κ2) is 8.19. The van der Waals surface area contributed by atoms with Crippen LogP contribution in [0.1, 0.15) is 5.56 Å². The predicted molar refractivity (Wildman–Crippen MR) is 89.4 cm³/mol. The number of hydrogen-bond donors (Lipinski definition) is 2. The summed E-state index contributed by atoms with van der Waals surface area (Å²) in [7, 11) is 5.75. The summed E-state index contributed by atoms with van der Waals surface area (Å²) in [6, 6.07) is 9.79. The average molecular weight is 301 g/mol. The Morgan fingerprint density at radius 2 is 1.86 bits per heavy atom. The molecule has 0 amide bonds.